The van der Waals surface area contributed by atoms with Gasteiger partial charge < -0.3 is 15.2 Å². The smallest absolute Gasteiger partial charge is 0.359 e. The van der Waals surface area contributed by atoms with Gasteiger partial charge >= 0.3 is 5.97 Å². The van der Waals surface area contributed by atoms with Gasteiger partial charge in [0.1, 0.15) is 17.0 Å². The Hall–Kier alpha value is -2.66. The molecule has 0 amide bonds. The van der Waals surface area contributed by atoms with E-state index in [1.165, 1.54) is 11.8 Å². The van der Waals surface area contributed by atoms with Gasteiger partial charge in [0.05, 0.1) is 25.7 Å². The molecule has 0 saturated heterocycles. The summed E-state index contributed by atoms with van der Waals surface area (Å²) in [5, 5.41) is 14.9. The summed E-state index contributed by atoms with van der Waals surface area (Å²) in [7, 11) is 2.84. The summed E-state index contributed by atoms with van der Waals surface area (Å²) >= 11 is 0.786. The number of ether oxygens (including phenoxy) is 2. The Labute approximate surface area is 131 Å². The molecule has 0 aliphatic heterocycles. The lowest BCUT2D eigenvalue weighted by molar-refractivity contribution is 0.0589. The number of nitriles is 1. The Morgan fingerprint density at radius 2 is 2.09 bits per heavy atom. The van der Waals surface area contributed by atoms with Crippen molar-refractivity contribution in [3.63, 3.8) is 0 Å². The van der Waals surface area contributed by atoms with E-state index in [0.717, 1.165) is 23.1 Å². The quantitative estimate of drug-likeness (QED) is 0.510. The lowest BCUT2D eigenvalue weighted by Crippen LogP contribution is -2.07. The Bertz CT molecular complexity index is 719. The summed E-state index contributed by atoms with van der Waals surface area (Å²) < 4.78 is 11.2. The normalized spacial score (nSPS) is 10.0. The molecule has 1 aromatic carbocycles. The SMILES string of the molecule is COC(=O)c1nn(Cc2ccc(OC)cc2)c(N)c1SC#N. The molecule has 0 unspecified atom stereocenters. The topological polar surface area (TPSA) is 103 Å². The van der Waals surface area contributed by atoms with Gasteiger partial charge in [-0.2, -0.15) is 10.4 Å². The molecule has 1 heterocycles. The highest BCUT2D eigenvalue weighted by Gasteiger charge is 2.22. The molecule has 8 heteroatoms. The molecule has 0 atom stereocenters. The van der Waals surface area contributed by atoms with Crippen molar-refractivity contribution in [2.24, 2.45) is 0 Å². The van der Waals surface area contributed by atoms with Gasteiger partial charge in [-0.05, 0) is 29.5 Å². The van der Waals surface area contributed by atoms with Crippen LogP contribution in [0, 0.1) is 10.7 Å². The van der Waals surface area contributed by atoms with E-state index in [1.807, 2.05) is 29.7 Å². The third kappa shape index (κ3) is 3.15. The van der Waals surface area contributed by atoms with Crippen molar-refractivity contribution in [3.05, 3.63) is 35.5 Å². The van der Waals surface area contributed by atoms with Gasteiger partial charge in [-0.25, -0.2) is 9.48 Å². The fourth-order valence-electron chi connectivity index (χ4n) is 1.86. The molecular formula is C14H14N4O3S. The first-order valence-electron chi connectivity index (χ1n) is 6.24. The zero-order valence-electron chi connectivity index (χ0n) is 12.1. The van der Waals surface area contributed by atoms with Gasteiger partial charge in [-0.15, -0.1) is 0 Å². The first-order valence-corrected chi connectivity index (χ1v) is 7.05. The highest BCUT2D eigenvalue weighted by Crippen LogP contribution is 2.29. The molecule has 7 nitrogen and oxygen atoms in total. The average Bonchev–Trinajstić information content (AvgIpc) is 2.85. The molecule has 0 aliphatic rings. The van der Waals surface area contributed by atoms with Crippen LogP contribution in [0.3, 0.4) is 0 Å². The van der Waals surface area contributed by atoms with Crippen LogP contribution in [-0.2, 0) is 11.3 Å². The first-order chi connectivity index (χ1) is 10.6. The van der Waals surface area contributed by atoms with Crippen LogP contribution in [0.2, 0.25) is 0 Å². The second kappa shape index (κ2) is 6.87. The van der Waals surface area contributed by atoms with Crippen molar-refractivity contribution in [1.29, 1.82) is 5.26 Å². The molecule has 22 heavy (non-hydrogen) atoms. The van der Waals surface area contributed by atoms with Gasteiger partial charge in [0.2, 0.25) is 0 Å². The zero-order chi connectivity index (χ0) is 16.1. The molecule has 0 spiro atoms. The zero-order valence-corrected chi connectivity index (χ0v) is 12.9. The van der Waals surface area contributed by atoms with E-state index in [4.69, 9.17) is 15.7 Å². The number of thioether (sulfide) groups is 1. The van der Waals surface area contributed by atoms with Crippen LogP contribution in [0.25, 0.3) is 0 Å². The van der Waals surface area contributed by atoms with E-state index in [9.17, 15) is 4.79 Å². The number of aromatic nitrogens is 2. The van der Waals surface area contributed by atoms with Gasteiger partial charge in [0.25, 0.3) is 0 Å². The number of anilines is 1. The maximum absolute atomic E-state index is 11.7. The van der Waals surface area contributed by atoms with Crippen molar-refractivity contribution >= 4 is 23.5 Å². The molecule has 2 rings (SSSR count). The van der Waals surface area contributed by atoms with Crippen LogP contribution in [0.5, 0.6) is 5.75 Å². The Morgan fingerprint density at radius 3 is 2.64 bits per heavy atom. The minimum Gasteiger partial charge on any atom is -0.497 e. The number of benzene rings is 1. The first kappa shape index (κ1) is 15.7. The Kier molecular flexibility index (Phi) is 4.91. The number of thiocyanates is 1. The maximum atomic E-state index is 11.7. The van der Waals surface area contributed by atoms with E-state index in [0.29, 0.717) is 11.4 Å². The van der Waals surface area contributed by atoms with Crippen LogP contribution in [0.4, 0.5) is 5.82 Å². The minimum atomic E-state index is -0.627. The summed E-state index contributed by atoms with van der Waals surface area (Å²) in [4.78, 5) is 12.0. The standard InChI is InChI=1S/C14H14N4O3S/c1-20-10-5-3-9(4-6-10)7-18-13(16)12(22-8-15)11(17-18)14(19)21-2/h3-6H,7,16H2,1-2H3. The molecule has 0 bridgehead atoms. The van der Waals surface area contributed by atoms with Crippen molar-refractivity contribution in [2.75, 3.05) is 20.0 Å². The van der Waals surface area contributed by atoms with E-state index in [1.54, 1.807) is 7.11 Å². The van der Waals surface area contributed by atoms with Crippen molar-refractivity contribution in [3.8, 4) is 11.2 Å². The average molecular weight is 318 g/mol. The van der Waals surface area contributed by atoms with Crippen LogP contribution >= 0.6 is 11.8 Å². The van der Waals surface area contributed by atoms with Crippen molar-refractivity contribution in [1.82, 2.24) is 9.78 Å². The number of rotatable bonds is 5. The molecule has 2 aromatic rings. The van der Waals surface area contributed by atoms with Crippen LogP contribution in [-0.4, -0.2) is 30.0 Å². The number of carbonyl (C=O) groups is 1. The van der Waals surface area contributed by atoms with Gasteiger partial charge in [0, 0.05) is 0 Å². The molecule has 0 radical (unpaired) electrons. The number of nitrogens with two attached hydrogens (primary N) is 1. The fraction of sp³-hybridized carbons (Fsp3) is 0.214. The molecule has 0 fully saturated rings. The third-order valence-electron chi connectivity index (χ3n) is 2.96. The van der Waals surface area contributed by atoms with Crippen LogP contribution in [0.1, 0.15) is 16.1 Å². The predicted molar refractivity (Wildman–Crippen MR) is 81.5 cm³/mol. The molecule has 114 valence electrons. The second-order valence-electron chi connectivity index (χ2n) is 4.25. The lowest BCUT2D eigenvalue weighted by atomic mass is 10.2. The summed E-state index contributed by atoms with van der Waals surface area (Å²) in [6, 6.07) is 7.38. The lowest BCUT2D eigenvalue weighted by Gasteiger charge is -2.05. The minimum absolute atomic E-state index is 0.0417. The van der Waals surface area contributed by atoms with Crippen LogP contribution < -0.4 is 10.5 Å². The number of hydrogen-bond donors (Lipinski definition) is 1. The summed E-state index contributed by atoms with van der Waals surface area (Å²) in [6.45, 7) is 0.367. The molecule has 2 N–H and O–H groups in total. The Balaban J connectivity index is 2.34. The van der Waals surface area contributed by atoms with Gasteiger partial charge in [0.15, 0.2) is 5.69 Å². The van der Waals surface area contributed by atoms with E-state index < -0.39 is 5.97 Å². The highest BCUT2D eigenvalue weighted by molar-refractivity contribution is 8.04. The second-order valence-corrected chi connectivity index (χ2v) is 5.05. The third-order valence-corrected chi connectivity index (χ3v) is 3.66. The highest BCUT2D eigenvalue weighted by atomic mass is 32.2. The summed E-state index contributed by atoms with van der Waals surface area (Å²) in [5.41, 5.74) is 6.95. The molecule has 0 aliphatic carbocycles. The number of methoxy groups -OCH3 is 2. The van der Waals surface area contributed by atoms with E-state index in [-0.39, 0.29) is 11.5 Å². The monoisotopic (exact) mass is 318 g/mol. The van der Waals surface area contributed by atoms with Gasteiger partial charge in [-0.3, -0.25) is 0 Å². The fourth-order valence-corrected chi connectivity index (χ4v) is 2.38. The Morgan fingerprint density at radius 1 is 1.41 bits per heavy atom. The summed E-state index contributed by atoms with van der Waals surface area (Å²) in [5.74, 6) is 0.369. The van der Waals surface area contributed by atoms with E-state index >= 15 is 0 Å². The summed E-state index contributed by atoms with van der Waals surface area (Å²) in [6.07, 6.45) is 0. The maximum Gasteiger partial charge on any atom is 0.359 e. The molecule has 0 saturated carbocycles. The number of nitrogens with zero attached hydrogens (tertiary/aromatic N) is 3. The molecule has 1 aromatic heterocycles. The molecular weight excluding hydrogens is 304 g/mol. The van der Waals surface area contributed by atoms with Crippen LogP contribution in [0.15, 0.2) is 29.2 Å². The van der Waals surface area contributed by atoms with Crippen molar-refractivity contribution < 1.29 is 14.3 Å². The number of esters is 1. The predicted octanol–water partition coefficient (Wildman–Crippen LogP) is 1.88. The van der Waals surface area contributed by atoms with Gasteiger partial charge in [-0.1, -0.05) is 12.1 Å². The van der Waals surface area contributed by atoms with E-state index in [2.05, 4.69) is 9.84 Å². The number of hydrogen-bond acceptors (Lipinski definition) is 7. The number of carbonyl (C=O) groups excluding carboxylic acids is 1. The largest absolute Gasteiger partial charge is 0.497 e. The number of nitrogen functional groups attached to an aromatic ring is 1. The van der Waals surface area contributed by atoms with Crippen molar-refractivity contribution in [2.45, 2.75) is 11.4 Å².